The van der Waals surface area contributed by atoms with Gasteiger partial charge in [0.2, 0.25) is 11.8 Å². The molecule has 0 unspecified atom stereocenters. The Morgan fingerprint density at radius 1 is 0.481 bits per heavy atom. The third-order valence-corrected chi connectivity index (χ3v) is 15.3. The minimum atomic E-state index is -0.650. The van der Waals surface area contributed by atoms with Crippen LogP contribution >= 0.6 is 0 Å². The zero-order valence-corrected chi connectivity index (χ0v) is 60.8. The first-order valence-corrected chi connectivity index (χ1v) is 31.7. The van der Waals surface area contributed by atoms with Crippen molar-refractivity contribution < 1.29 is 93.4 Å². The summed E-state index contributed by atoms with van der Waals surface area (Å²) in [5, 5.41) is 144. The van der Waals surface area contributed by atoms with Crippen molar-refractivity contribution >= 4 is 85.3 Å². The fraction of sp³-hybridized carbons (Fsp3) is 0.294. The number of aromatic hydroxyl groups is 6. The first-order chi connectivity index (χ1) is 49.6. The van der Waals surface area contributed by atoms with Gasteiger partial charge < -0.3 is 49.9 Å². The number of ether oxygens (including phenoxy) is 2. The van der Waals surface area contributed by atoms with Gasteiger partial charge in [0.15, 0.2) is 5.69 Å². The van der Waals surface area contributed by atoms with E-state index < -0.39 is 36.7 Å². The maximum Gasteiger partial charge on any atom is 0.271 e. The molecule has 2 heterocycles. The topological polar surface area (TPSA) is 490 Å². The van der Waals surface area contributed by atoms with Gasteiger partial charge in [-0.05, 0) is 108 Å². The Hall–Kier alpha value is -12.8. The molecule has 0 aliphatic carbocycles. The molecule has 0 spiro atoms. The number of phenols is 5. The van der Waals surface area contributed by atoms with Gasteiger partial charge in [0, 0.05) is 150 Å². The Balaban J connectivity index is 0.000000365. The van der Waals surface area contributed by atoms with Crippen LogP contribution in [0.4, 0.5) is 85.3 Å². The molecule has 36 nitrogen and oxygen atoms in total. The van der Waals surface area contributed by atoms with Gasteiger partial charge in [0.1, 0.15) is 85.9 Å². The number of non-ortho nitro benzene ring substituents is 4. The van der Waals surface area contributed by atoms with Crippen LogP contribution in [0, 0.1) is 72.2 Å². The number of phenolic OH excluding ortho intramolecular Hbond substituents is 5. The van der Waals surface area contributed by atoms with E-state index in [1.54, 1.807) is 24.3 Å². The number of nitro benzene ring substituents is 4. The van der Waals surface area contributed by atoms with Crippen molar-refractivity contribution in [3.05, 3.63) is 198 Å². The fourth-order valence-corrected chi connectivity index (χ4v) is 9.50. The van der Waals surface area contributed by atoms with Crippen molar-refractivity contribution in [3.63, 3.8) is 0 Å². The van der Waals surface area contributed by atoms with Gasteiger partial charge in [-0.1, -0.05) is 26.7 Å². The van der Waals surface area contributed by atoms with Gasteiger partial charge in [-0.2, -0.15) is 5.26 Å². The number of rotatable bonds is 26. The van der Waals surface area contributed by atoms with Crippen molar-refractivity contribution in [2.75, 3.05) is 50.2 Å². The molecule has 38 heteroatoms. The van der Waals surface area contributed by atoms with Crippen LogP contribution in [0.5, 0.6) is 46.3 Å². The Morgan fingerprint density at radius 3 is 1.21 bits per heavy atom. The van der Waals surface area contributed by atoms with Crippen molar-refractivity contribution in [2.24, 2.45) is 40.9 Å². The van der Waals surface area contributed by atoms with Gasteiger partial charge in [-0.15, -0.1) is 40.9 Å². The summed E-state index contributed by atoms with van der Waals surface area (Å²) >= 11 is 0. The van der Waals surface area contributed by atoms with Crippen molar-refractivity contribution in [1.29, 1.82) is 5.26 Å². The van der Waals surface area contributed by atoms with E-state index in [1.165, 1.54) is 56.9 Å². The quantitative estimate of drug-likeness (QED) is 0.0127. The Labute approximate surface area is 626 Å². The molecule has 2 aromatic heterocycles. The van der Waals surface area contributed by atoms with Crippen LogP contribution in [0.1, 0.15) is 83.9 Å². The van der Waals surface area contributed by atoms with E-state index in [1.807, 2.05) is 45.9 Å². The smallest absolute Gasteiger partial charge is 0.271 e. The van der Waals surface area contributed by atoms with Crippen LogP contribution in [0.25, 0.3) is 4.85 Å². The number of anilines is 2. The number of aromatic nitrogens is 2. The van der Waals surface area contributed by atoms with Crippen molar-refractivity contribution in [2.45, 2.75) is 94.2 Å². The normalized spacial score (nSPS) is 10.6. The summed E-state index contributed by atoms with van der Waals surface area (Å²) in [4.78, 5) is 73.3. The average molecular weight is 1550 g/mol. The molecule has 0 bridgehead atoms. The molecular weight excluding hydrogens is 1470 g/mol. The third kappa shape index (κ3) is 22.6. The molecule has 562 valence electrons. The summed E-state index contributed by atoms with van der Waals surface area (Å²) in [7, 11) is 2.90. The first-order valence-electron chi connectivity index (χ1n) is 31.7. The van der Waals surface area contributed by atoms with E-state index in [2.05, 4.69) is 69.4 Å². The zero-order chi connectivity index (χ0) is 77.1. The van der Waals surface area contributed by atoms with E-state index in [-0.39, 0.29) is 160 Å². The number of pyridine rings is 2. The van der Waals surface area contributed by atoms with E-state index in [0.717, 1.165) is 103 Å². The number of methoxy groups -OCH3 is 2. The molecule has 6 N–H and O–H groups in total. The standard InChI is InChI=1S/C18H19N5O5.C17H17N5O5.C17H20N4O4.C16H18N4O4.2Co/c1-4-5-8-22-17(25)13(10-19)11(2)16(18(22)28-3)21-20-14-9-12(23(26)27)6-7-15(14)24;1-4-5-8-21-16(24)14(18-3)10(2)15(17(21)25)20-19-12-9-11(22(26)27)6-7-13(12)23;1-4-20(5-2)12-6-8-14(17(11-12)25-3)18-19-15-10-13(21(23)24)7-9-16(15)22;1-3-19(4-2)11-5-7-13(16(22)10-11)17-18-14-9-12(20(23)24)6-8-15(14)21;;/h6-7,9,24H,4-5,8H2,1-3H3;6-7,9,23,25H,4-5,8H2,1-2H3;6-11,22H,4-5H2,1-3H3;5-10,21-22H,3-4H2,1-2H3;;. The summed E-state index contributed by atoms with van der Waals surface area (Å²) in [6.07, 6.45) is 2.89. The number of nitrogens with zero attached hydrogens (tertiary/aromatic N) is 18. The Morgan fingerprint density at radius 2 is 0.849 bits per heavy atom. The van der Waals surface area contributed by atoms with Crippen LogP contribution in [-0.2, 0) is 46.6 Å². The molecule has 0 aliphatic heterocycles. The van der Waals surface area contributed by atoms with Gasteiger partial charge in [0.05, 0.1) is 40.5 Å². The van der Waals surface area contributed by atoms with Crippen LogP contribution in [-0.4, -0.2) is 99.9 Å². The third-order valence-electron chi connectivity index (χ3n) is 15.3. The molecule has 0 atom stereocenters. The number of hydrogen-bond donors (Lipinski definition) is 6. The molecule has 8 rings (SSSR count). The number of azo groups is 4. The molecule has 0 saturated heterocycles. The zero-order valence-electron chi connectivity index (χ0n) is 58.8. The molecule has 0 amide bonds. The predicted octanol–water partition coefficient (Wildman–Crippen LogP) is 16.9. The Kier molecular flexibility index (Phi) is 34.6. The van der Waals surface area contributed by atoms with Crippen LogP contribution in [0.15, 0.2) is 160 Å². The van der Waals surface area contributed by atoms with Crippen LogP contribution in [0.3, 0.4) is 0 Å². The average Bonchev–Trinajstić information content (AvgIpc) is 0.787. The molecule has 0 fully saturated rings. The van der Waals surface area contributed by atoms with Crippen LogP contribution in [0.2, 0.25) is 0 Å². The fourth-order valence-electron chi connectivity index (χ4n) is 9.50. The first kappa shape index (κ1) is 87.4. The minimum absolute atomic E-state index is 0. The maximum atomic E-state index is 12.6. The number of nitro groups is 4. The summed E-state index contributed by atoms with van der Waals surface area (Å²) in [5.74, 6) is -0.921. The predicted molar refractivity (Wildman–Crippen MR) is 384 cm³/mol. The number of nitriles is 1. The van der Waals surface area contributed by atoms with E-state index >= 15 is 0 Å². The molecule has 106 heavy (non-hydrogen) atoms. The number of unbranched alkanes of at least 4 members (excludes halogenated alkanes) is 2. The second-order valence-corrected chi connectivity index (χ2v) is 21.7. The SMILES string of the molecule is CCCCn1c(OC)c(N=Nc2cc([N+](=O)[O-])ccc2O)c(C)c(C#N)c1=O.CCN(CC)c1ccc(N=Nc2cc([N+](=O)[O-])ccc2O)c(O)c1.CCN(CC)c1ccc(N=Nc2cc([N+](=O)[O-])ccc2O)c(OC)c1.[C-]#[N+]c1c(C)c(N=Nc2cc([N+](=O)[O-])ccc2O)c(O)n(CCCC)c1=O.[Co].[Co]. The summed E-state index contributed by atoms with van der Waals surface area (Å²) in [6, 6.07) is 26.0. The summed E-state index contributed by atoms with van der Waals surface area (Å²) < 4.78 is 13.1. The summed E-state index contributed by atoms with van der Waals surface area (Å²) in [5.41, 5.74) is 0.303. The van der Waals surface area contributed by atoms with E-state index in [4.69, 9.17) is 16.0 Å². The molecular formula is C68H74Co2N18O18. The Bertz CT molecular complexity index is 4820. The number of benzene rings is 6. The van der Waals surface area contributed by atoms with Gasteiger partial charge in [-0.3, -0.25) is 59.2 Å². The monoisotopic (exact) mass is 1550 g/mol. The van der Waals surface area contributed by atoms with Crippen LogP contribution < -0.4 is 30.4 Å². The second kappa shape index (κ2) is 42.0. The molecule has 0 saturated carbocycles. The summed E-state index contributed by atoms with van der Waals surface area (Å²) in [6.45, 7) is 26.1. The molecule has 8 aromatic rings. The maximum absolute atomic E-state index is 12.6. The van der Waals surface area contributed by atoms with E-state index in [9.17, 15) is 85.9 Å². The molecule has 6 aromatic carbocycles. The largest absolute Gasteiger partial charge is 0.506 e. The minimum Gasteiger partial charge on any atom is -0.506 e. The van der Waals surface area contributed by atoms with E-state index in [0.29, 0.717) is 30.8 Å². The van der Waals surface area contributed by atoms with Gasteiger partial charge in [-0.25, -0.2) is 4.85 Å². The molecule has 0 aliphatic rings. The number of hydrogen-bond acceptors (Lipinski definition) is 29. The van der Waals surface area contributed by atoms with Crippen molar-refractivity contribution in [1.82, 2.24) is 9.13 Å². The van der Waals surface area contributed by atoms with Crippen molar-refractivity contribution in [3.8, 4) is 52.3 Å². The second-order valence-electron chi connectivity index (χ2n) is 21.7. The van der Waals surface area contributed by atoms with Gasteiger partial charge in [0.25, 0.3) is 39.6 Å². The molecule has 2 radical (unpaired) electrons. The van der Waals surface area contributed by atoms with Gasteiger partial charge >= 0.3 is 0 Å².